The Bertz CT molecular complexity index is 624. The molecule has 0 heterocycles. The molecule has 1 aliphatic rings. The van der Waals surface area contributed by atoms with Crippen LogP contribution in [0.4, 0.5) is 0 Å². The summed E-state index contributed by atoms with van der Waals surface area (Å²) in [6.07, 6.45) is 17.9. The third-order valence-electron chi connectivity index (χ3n) is 7.88. The van der Waals surface area contributed by atoms with Crippen molar-refractivity contribution < 1.29 is 19.0 Å². The predicted molar refractivity (Wildman–Crippen MR) is 152 cm³/mol. The van der Waals surface area contributed by atoms with E-state index < -0.39 is 0 Å². The highest BCUT2D eigenvalue weighted by molar-refractivity contribution is 5.75. The lowest BCUT2D eigenvalue weighted by Gasteiger charge is -2.28. The van der Waals surface area contributed by atoms with E-state index in [4.69, 9.17) is 14.2 Å². The van der Waals surface area contributed by atoms with Crippen molar-refractivity contribution in [2.24, 2.45) is 23.7 Å². The van der Waals surface area contributed by atoms with Crippen LogP contribution in [0.5, 0.6) is 0 Å². The molecule has 0 aromatic heterocycles. The Labute approximate surface area is 223 Å². The van der Waals surface area contributed by atoms with Gasteiger partial charge in [-0.1, -0.05) is 99.3 Å². The molecule has 0 amide bonds. The van der Waals surface area contributed by atoms with Gasteiger partial charge in [0.25, 0.3) is 0 Å². The molecule has 1 rings (SSSR count). The molecule has 0 spiro atoms. The van der Waals surface area contributed by atoms with Crippen LogP contribution in [0.3, 0.4) is 0 Å². The van der Waals surface area contributed by atoms with Gasteiger partial charge in [-0.3, -0.25) is 4.79 Å². The molecule has 0 bridgehead atoms. The Kier molecular flexibility index (Phi) is 18.9. The van der Waals surface area contributed by atoms with Gasteiger partial charge in [-0.25, -0.2) is 0 Å². The van der Waals surface area contributed by atoms with E-state index in [0.717, 1.165) is 55.9 Å². The summed E-state index contributed by atoms with van der Waals surface area (Å²) in [7, 11) is 0. The SMILES string of the molecule is CCCCC(CC)COCC1CC(OCC(CC)CCCC)=C(OCC(CC)CCCC)C=C1C=O. The average molecular weight is 507 g/mol. The Hall–Kier alpha value is -1.29. The minimum absolute atomic E-state index is 0.0336. The molecule has 0 aliphatic heterocycles. The fraction of sp³-hybridized carbons (Fsp3) is 0.844. The molecule has 4 atom stereocenters. The lowest BCUT2D eigenvalue weighted by Crippen LogP contribution is -2.23. The molecule has 4 nitrogen and oxygen atoms in total. The second kappa shape index (κ2) is 20.7. The van der Waals surface area contributed by atoms with Gasteiger partial charge in [-0.05, 0) is 43.1 Å². The third-order valence-corrected chi connectivity index (χ3v) is 7.88. The molecule has 4 heteroatoms. The van der Waals surface area contributed by atoms with Crippen molar-refractivity contribution in [2.75, 3.05) is 26.4 Å². The van der Waals surface area contributed by atoms with Gasteiger partial charge < -0.3 is 14.2 Å². The molecule has 4 unspecified atom stereocenters. The van der Waals surface area contributed by atoms with E-state index in [1.807, 2.05) is 6.08 Å². The van der Waals surface area contributed by atoms with Gasteiger partial charge in [0.1, 0.15) is 12.0 Å². The van der Waals surface area contributed by atoms with Crippen molar-refractivity contribution in [3.05, 3.63) is 23.2 Å². The lowest BCUT2D eigenvalue weighted by molar-refractivity contribution is -0.105. The molecule has 210 valence electrons. The minimum Gasteiger partial charge on any atom is -0.494 e. The first-order valence-corrected chi connectivity index (χ1v) is 15.3. The largest absolute Gasteiger partial charge is 0.494 e. The highest BCUT2D eigenvalue weighted by atomic mass is 16.5. The van der Waals surface area contributed by atoms with Crippen molar-refractivity contribution in [2.45, 2.75) is 125 Å². The van der Waals surface area contributed by atoms with Crippen LogP contribution in [-0.4, -0.2) is 32.7 Å². The summed E-state index contributed by atoms with van der Waals surface area (Å²) in [6, 6.07) is 0. The third kappa shape index (κ3) is 12.8. The second-order valence-electron chi connectivity index (χ2n) is 10.9. The van der Waals surface area contributed by atoms with Crippen LogP contribution in [0.2, 0.25) is 0 Å². The van der Waals surface area contributed by atoms with E-state index in [1.54, 1.807) is 0 Å². The summed E-state index contributed by atoms with van der Waals surface area (Å²) in [5.74, 6) is 3.40. The number of ether oxygens (including phenoxy) is 3. The molecule has 0 aromatic carbocycles. The van der Waals surface area contributed by atoms with Crippen LogP contribution in [-0.2, 0) is 19.0 Å². The molecular formula is C32H58O4. The van der Waals surface area contributed by atoms with Gasteiger partial charge in [0.15, 0.2) is 5.76 Å². The fourth-order valence-corrected chi connectivity index (χ4v) is 4.83. The number of allylic oxidation sites excluding steroid dienone is 2. The maximum atomic E-state index is 12.0. The average Bonchev–Trinajstić information content (AvgIpc) is 2.91. The zero-order valence-electron chi connectivity index (χ0n) is 24.6. The highest BCUT2D eigenvalue weighted by Gasteiger charge is 2.27. The highest BCUT2D eigenvalue weighted by Crippen LogP contribution is 2.32. The molecule has 0 saturated heterocycles. The number of carbonyl (C=O) groups excluding carboxylic acids is 1. The summed E-state index contributed by atoms with van der Waals surface area (Å²) in [5, 5.41) is 0. The smallest absolute Gasteiger partial charge is 0.157 e. The van der Waals surface area contributed by atoms with Crippen LogP contribution in [0.25, 0.3) is 0 Å². The van der Waals surface area contributed by atoms with Gasteiger partial charge in [-0.2, -0.15) is 0 Å². The summed E-state index contributed by atoms with van der Waals surface area (Å²) in [6.45, 7) is 16.2. The molecule has 1 aliphatic carbocycles. The van der Waals surface area contributed by atoms with Crippen LogP contribution < -0.4 is 0 Å². The Morgan fingerprint density at radius 2 is 1.28 bits per heavy atom. The number of hydrogen-bond acceptors (Lipinski definition) is 4. The first kappa shape index (κ1) is 32.7. The minimum atomic E-state index is 0.0336. The number of unbranched alkanes of at least 4 members (excludes halogenated alkanes) is 3. The number of carbonyl (C=O) groups is 1. The first-order chi connectivity index (χ1) is 17.6. The summed E-state index contributed by atoms with van der Waals surface area (Å²) in [4.78, 5) is 12.0. The zero-order chi connectivity index (χ0) is 26.6. The topological polar surface area (TPSA) is 44.8 Å². The van der Waals surface area contributed by atoms with Crippen molar-refractivity contribution in [1.29, 1.82) is 0 Å². The quantitative estimate of drug-likeness (QED) is 0.130. The van der Waals surface area contributed by atoms with E-state index in [1.165, 1.54) is 57.8 Å². The van der Waals surface area contributed by atoms with Crippen molar-refractivity contribution in [3.8, 4) is 0 Å². The monoisotopic (exact) mass is 506 g/mol. The van der Waals surface area contributed by atoms with Gasteiger partial charge in [-0.15, -0.1) is 0 Å². The fourth-order valence-electron chi connectivity index (χ4n) is 4.83. The lowest BCUT2D eigenvalue weighted by atomic mass is 9.90. The maximum absolute atomic E-state index is 12.0. The van der Waals surface area contributed by atoms with E-state index in [2.05, 4.69) is 41.5 Å². The summed E-state index contributed by atoms with van der Waals surface area (Å²) in [5.41, 5.74) is 0.776. The zero-order valence-corrected chi connectivity index (χ0v) is 24.6. The van der Waals surface area contributed by atoms with Gasteiger partial charge in [0.2, 0.25) is 0 Å². The number of hydrogen-bond donors (Lipinski definition) is 0. The molecule has 0 aromatic rings. The van der Waals surface area contributed by atoms with Gasteiger partial charge in [0.05, 0.1) is 19.8 Å². The Morgan fingerprint density at radius 1 is 0.778 bits per heavy atom. The van der Waals surface area contributed by atoms with Gasteiger partial charge in [0, 0.05) is 24.5 Å². The van der Waals surface area contributed by atoms with E-state index in [0.29, 0.717) is 37.4 Å². The van der Waals surface area contributed by atoms with E-state index in [9.17, 15) is 4.79 Å². The first-order valence-electron chi connectivity index (χ1n) is 15.3. The van der Waals surface area contributed by atoms with Gasteiger partial charge >= 0.3 is 0 Å². The molecule has 0 N–H and O–H groups in total. The van der Waals surface area contributed by atoms with E-state index in [-0.39, 0.29) is 5.92 Å². The van der Waals surface area contributed by atoms with E-state index >= 15 is 0 Å². The molecule has 0 saturated carbocycles. The van der Waals surface area contributed by atoms with Crippen LogP contribution in [0.1, 0.15) is 125 Å². The number of aldehydes is 1. The number of rotatable bonds is 23. The van der Waals surface area contributed by atoms with Crippen molar-refractivity contribution in [1.82, 2.24) is 0 Å². The van der Waals surface area contributed by atoms with Crippen LogP contribution in [0.15, 0.2) is 23.2 Å². The molecule has 0 fully saturated rings. The predicted octanol–water partition coefficient (Wildman–Crippen LogP) is 9.04. The molecule has 0 radical (unpaired) electrons. The normalized spacial score (nSPS) is 18.5. The Balaban J connectivity index is 2.92. The van der Waals surface area contributed by atoms with Crippen molar-refractivity contribution in [3.63, 3.8) is 0 Å². The summed E-state index contributed by atoms with van der Waals surface area (Å²) < 4.78 is 19.0. The molecule has 36 heavy (non-hydrogen) atoms. The maximum Gasteiger partial charge on any atom is 0.157 e. The Morgan fingerprint density at radius 3 is 1.75 bits per heavy atom. The van der Waals surface area contributed by atoms with Crippen LogP contribution in [0, 0.1) is 23.7 Å². The van der Waals surface area contributed by atoms with Crippen LogP contribution >= 0.6 is 0 Å². The van der Waals surface area contributed by atoms with Crippen molar-refractivity contribution >= 4 is 6.29 Å². The summed E-state index contributed by atoms with van der Waals surface area (Å²) >= 11 is 0. The second-order valence-corrected chi connectivity index (χ2v) is 10.9. The standard InChI is InChI=1S/C32H58O4/c1-7-13-16-26(10-4)22-34-25-30-20-32(36-24-28(12-6)18-15-9-3)31(19-29(30)21-33)35-23-27(11-5)17-14-8-2/h19,21,26-28,30H,7-18,20,22-25H2,1-6H3. The molecular weight excluding hydrogens is 448 g/mol.